The van der Waals surface area contributed by atoms with E-state index in [1.54, 1.807) is 0 Å². The number of nitrogens with one attached hydrogen (secondary N) is 1. The lowest BCUT2D eigenvalue weighted by atomic mass is 9.76. The van der Waals surface area contributed by atoms with E-state index in [1.807, 2.05) is 0 Å². The van der Waals surface area contributed by atoms with Gasteiger partial charge in [-0.15, -0.1) is 0 Å². The van der Waals surface area contributed by atoms with Crippen LogP contribution in [0.5, 0.6) is 0 Å². The molecule has 1 saturated heterocycles. The molecule has 13 heavy (non-hydrogen) atoms. The van der Waals surface area contributed by atoms with Gasteiger partial charge in [-0.05, 0) is 23.7 Å². The van der Waals surface area contributed by atoms with E-state index in [-0.39, 0.29) is 0 Å². The Kier molecular flexibility index (Phi) is 2.74. The standard InChI is InChI=1S/C12H23N/c1-8-7-11(13-10(8)3)9(2)12(4,5)6/h8-9,11,13H,3,7H2,1-2,4-6H3. The lowest BCUT2D eigenvalue weighted by Crippen LogP contribution is -2.35. The van der Waals surface area contributed by atoms with Gasteiger partial charge >= 0.3 is 0 Å². The van der Waals surface area contributed by atoms with Crippen LogP contribution in [0.1, 0.15) is 41.0 Å². The quantitative estimate of drug-likeness (QED) is 0.655. The second-order valence-corrected chi connectivity index (χ2v) is 5.57. The van der Waals surface area contributed by atoms with Crippen LogP contribution in [0.25, 0.3) is 0 Å². The zero-order valence-electron chi connectivity index (χ0n) is 9.65. The summed E-state index contributed by atoms with van der Waals surface area (Å²) >= 11 is 0. The molecule has 1 aliphatic heterocycles. The van der Waals surface area contributed by atoms with Crippen LogP contribution in [0.2, 0.25) is 0 Å². The van der Waals surface area contributed by atoms with Gasteiger partial charge in [0.2, 0.25) is 0 Å². The molecular weight excluding hydrogens is 158 g/mol. The molecule has 1 rings (SSSR count). The number of hydrogen-bond donors (Lipinski definition) is 1. The van der Waals surface area contributed by atoms with Crippen molar-refractivity contribution in [2.24, 2.45) is 17.3 Å². The minimum atomic E-state index is 0.391. The van der Waals surface area contributed by atoms with Gasteiger partial charge in [0.15, 0.2) is 0 Å². The highest BCUT2D eigenvalue weighted by Gasteiger charge is 2.33. The summed E-state index contributed by atoms with van der Waals surface area (Å²) < 4.78 is 0. The molecule has 0 bridgehead atoms. The Bertz CT molecular complexity index is 200. The Morgan fingerprint density at radius 1 is 1.46 bits per heavy atom. The first-order valence-corrected chi connectivity index (χ1v) is 5.27. The van der Waals surface area contributed by atoms with E-state index in [2.05, 4.69) is 46.5 Å². The fraction of sp³-hybridized carbons (Fsp3) is 0.833. The molecule has 0 aliphatic carbocycles. The van der Waals surface area contributed by atoms with Gasteiger partial charge in [-0.1, -0.05) is 41.2 Å². The Labute approximate surface area is 82.6 Å². The van der Waals surface area contributed by atoms with Crippen LogP contribution in [0.4, 0.5) is 0 Å². The summed E-state index contributed by atoms with van der Waals surface area (Å²) in [6, 6.07) is 0.627. The van der Waals surface area contributed by atoms with Crippen molar-refractivity contribution < 1.29 is 0 Å². The first kappa shape index (κ1) is 10.6. The smallest absolute Gasteiger partial charge is 0.0295 e. The molecule has 1 N–H and O–H groups in total. The van der Waals surface area contributed by atoms with Gasteiger partial charge in [-0.3, -0.25) is 0 Å². The van der Waals surface area contributed by atoms with E-state index < -0.39 is 0 Å². The van der Waals surface area contributed by atoms with Crippen LogP contribution in [-0.4, -0.2) is 6.04 Å². The van der Waals surface area contributed by atoms with Crippen molar-refractivity contribution in [1.82, 2.24) is 5.32 Å². The molecule has 0 aromatic rings. The van der Waals surface area contributed by atoms with Gasteiger partial charge in [0, 0.05) is 11.7 Å². The summed E-state index contributed by atoms with van der Waals surface area (Å²) in [5.74, 6) is 1.35. The molecule has 1 nitrogen and oxygen atoms in total. The molecule has 3 atom stereocenters. The van der Waals surface area contributed by atoms with Crippen molar-refractivity contribution in [3.05, 3.63) is 12.3 Å². The van der Waals surface area contributed by atoms with Crippen LogP contribution in [0.3, 0.4) is 0 Å². The second-order valence-electron chi connectivity index (χ2n) is 5.57. The third-order valence-corrected chi connectivity index (χ3v) is 3.54. The first-order chi connectivity index (χ1) is 5.82. The fourth-order valence-corrected chi connectivity index (χ4v) is 1.90. The van der Waals surface area contributed by atoms with E-state index in [9.17, 15) is 0 Å². The average Bonchev–Trinajstić information content (AvgIpc) is 2.29. The Balaban J connectivity index is 2.61. The first-order valence-electron chi connectivity index (χ1n) is 5.27. The van der Waals surface area contributed by atoms with Gasteiger partial charge < -0.3 is 5.32 Å². The monoisotopic (exact) mass is 181 g/mol. The Hall–Kier alpha value is -0.460. The van der Waals surface area contributed by atoms with Crippen LogP contribution in [0.15, 0.2) is 12.3 Å². The summed E-state index contributed by atoms with van der Waals surface area (Å²) in [5.41, 5.74) is 1.61. The van der Waals surface area contributed by atoms with Crippen molar-refractivity contribution in [2.75, 3.05) is 0 Å². The van der Waals surface area contributed by atoms with Gasteiger partial charge in [-0.25, -0.2) is 0 Å². The predicted molar refractivity (Wildman–Crippen MR) is 58.5 cm³/mol. The van der Waals surface area contributed by atoms with E-state index in [1.165, 1.54) is 12.1 Å². The maximum absolute atomic E-state index is 4.04. The molecule has 0 radical (unpaired) electrons. The minimum Gasteiger partial charge on any atom is -0.386 e. The largest absolute Gasteiger partial charge is 0.386 e. The maximum Gasteiger partial charge on any atom is 0.0295 e. The molecule has 3 unspecified atom stereocenters. The predicted octanol–water partition coefficient (Wildman–Crippen LogP) is 3.18. The number of rotatable bonds is 1. The Morgan fingerprint density at radius 2 is 2.00 bits per heavy atom. The molecule has 1 heteroatoms. The molecule has 0 amide bonds. The third-order valence-electron chi connectivity index (χ3n) is 3.54. The Morgan fingerprint density at radius 3 is 2.31 bits per heavy atom. The van der Waals surface area contributed by atoms with Gasteiger partial charge in [0.05, 0.1) is 0 Å². The molecule has 76 valence electrons. The summed E-state index contributed by atoms with van der Waals surface area (Å²) in [5, 5.41) is 3.52. The highest BCUT2D eigenvalue weighted by Crippen LogP contribution is 2.35. The molecule has 0 spiro atoms. The zero-order valence-corrected chi connectivity index (χ0v) is 9.65. The molecule has 1 aliphatic rings. The average molecular weight is 181 g/mol. The second kappa shape index (κ2) is 3.36. The van der Waals surface area contributed by atoms with Crippen molar-refractivity contribution in [3.8, 4) is 0 Å². The van der Waals surface area contributed by atoms with Gasteiger partial charge in [0.25, 0.3) is 0 Å². The zero-order chi connectivity index (χ0) is 10.2. The topological polar surface area (TPSA) is 12.0 Å². The fourth-order valence-electron chi connectivity index (χ4n) is 1.90. The molecule has 0 saturated carbocycles. The summed E-state index contributed by atoms with van der Waals surface area (Å²) in [4.78, 5) is 0. The van der Waals surface area contributed by atoms with Crippen LogP contribution < -0.4 is 5.32 Å². The highest BCUT2D eigenvalue weighted by atomic mass is 15.0. The summed E-state index contributed by atoms with van der Waals surface area (Å²) in [7, 11) is 0. The van der Waals surface area contributed by atoms with Crippen molar-refractivity contribution in [1.29, 1.82) is 0 Å². The molecule has 1 fully saturated rings. The van der Waals surface area contributed by atoms with Crippen LogP contribution in [-0.2, 0) is 0 Å². The molecule has 1 heterocycles. The summed E-state index contributed by atoms with van der Waals surface area (Å²) in [6.07, 6.45) is 1.25. The van der Waals surface area contributed by atoms with E-state index in [0.717, 1.165) is 0 Å². The molecular formula is C12H23N. The summed E-state index contributed by atoms with van der Waals surface area (Å²) in [6.45, 7) is 15.6. The SMILES string of the molecule is C=C1NC(C(C)C(C)(C)C)CC1C. The van der Waals surface area contributed by atoms with Gasteiger partial charge in [-0.2, -0.15) is 0 Å². The molecule has 0 aromatic carbocycles. The van der Waals surface area contributed by atoms with E-state index >= 15 is 0 Å². The number of hydrogen-bond acceptors (Lipinski definition) is 1. The van der Waals surface area contributed by atoms with Crippen molar-refractivity contribution >= 4 is 0 Å². The molecule has 0 aromatic heterocycles. The van der Waals surface area contributed by atoms with E-state index in [0.29, 0.717) is 23.3 Å². The maximum atomic E-state index is 4.04. The van der Waals surface area contributed by atoms with Crippen LogP contribution in [0, 0.1) is 17.3 Å². The van der Waals surface area contributed by atoms with Crippen LogP contribution >= 0.6 is 0 Å². The normalized spacial score (nSPS) is 31.6. The van der Waals surface area contributed by atoms with Crippen molar-refractivity contribution in [2.45, 2.75) is 47.1 Å². The van der Waals surface area contributed by atoms with Crippen molar-refractivity contribution in [3.63, 3.8) is 0 Å². The number of allylic oxidation sites excluding steroid dienone is 1. The minimum absolute atomic E-state index is 0.391. The van der Waals surface area contributed by atoms with Gasteiger partial charge in [0.1, 0.15) is 0 Å². The third kappa shape index (κ3) is 2.26. The lowest BCUT2D eigenvalue weighted by Gasteiger charge is -2.32. The lowest BCUT2D eigenvalue weighted by molar-refractivity contribution is 0.208. The van der Waals surface area contributed by atoms with E-state index in [4.69, 9.17) is 0 Å². The highest BCUT2D eigenvalue weighted by molar-refractivity contribution is 5.07.